The minimum Gasteiger partial charge on any atom is -0.444 e. The monoisotopic (exact) mass is 550 g/mol. The average molecular weight is 551 g/mol. The molecule has 0 spiro atoms. The summed E-state index contributed by atoms with van der Waals surface area (Å²) in [7, 11) is 0. The lowest BCUT2D eigenvalue weighted by Gasteiger charge is -2.39. The van der Waals surface area contributed by atoms with Crippen LogP contribution < -0.4 is 0 Å². The highest BCUT2D eigenvalue weighted by atomic mass is 32.1. The summed E-state index contributed by atoms with van der Waals surface area (Å²) in [4.78, 5) is 41.0. The standard InChI is InChI=1S/C18H24N2O2S.C10H18O5/c1-12-5-7-15(20(10-12)17(21)22-18(2,3)4)13-6-8-16-14(9-13)19-11-23-16;1-9(2,3)14-7(11)13-8(12)15-10(4,5)6/h6,8-9,11-12,15H,5,7,10H2,1-4H3;1-6H3/t12-,15+;/m0./s1. The summed E-state index contributed by atoms with van der Waals surface area (Å²) in [5, 5.41) is 0. The predicted molar refractivity (Wildman–Crippen MR) is 147 cm³/mol. The van der Waals surface area contributed by atoms with Crippen LogP contribution in [-0.4, -0.2) is 51.6 Å². The van der Waals surface area contributed by atoms with Gasteiger partial charge in [-0.2, -0.15) is 0 Å². The van der Waals surface area contributed by atoms with Crippen molar-refractivity contribution < 1.29 is 33.3 Å². The number of carbonyl (C=O) groups excluding carboxylic acids is 3. The summed E-state index contributed by atoms with van der Waals surface area (Å²) in [6.07, 6.45) is -0.240. The van der Waals surface area contributed by atoms with Crippen molar-refractivity contribution in [3.05, 3.63) is 29.3 Å². The van der Waals surface area contributed by atoms with E-state index in [1.807, 2.05) is 31.2 Å². The first-order chi connectivity index (χ1) is 17.3. The molecule has 1 aromatic heterocycles. The van der Waals surface area contributed by atoms with Gasteiger partial charge in [-0.25, -0.2) is 19.4 Å². The van der Waals surface area contributed by atoms with Crippen molar-refractivity contribution in [2.45, 2.75) is 105 Å². The zero-order chi connectivity index (χ0) is 28.9. The molecule has 1 fully saturated rings. The number of nitrogens with zero attached hydrogens (tertiary/aromatic N) is 2. The van der Waals surface area contributed by atoms with E-state index in [1.54, 1.807) is 52.9 Å². The predicted octanol–water partition coefficient (Wildman–Crippen LogP) is 7.88. The zero-order valence-corrected chi connectivity index (χ0v) is 25.1. The van der Waals surface area contributed by atoms with Crippen LogP contribution in [0.2, 0.25) is 0 Å². The number of hydrogen-bond acceptors (Lipinski definition) is 9. The molecule has 0 saturated carbocycles. The van der Waals surface area contributed by atoms with Gasteiger partial charge in [-0.1, -0.05) is 13.0 Å². The fraction of sp³-hybridized carbons (Fsp3) is 0.643. The van der Waals surface area contributed by atoms with Crippen molar-refractivity contribution in [2.24, 2.45) is 5.92 Å². The molecule has 0 unspecified atom stereocenters. The highest BCUT2D eigenvalue weighted by Crippen LogP contribution is 2.35. The second kappa shape index (κ2) is 12.3. The van der Waals surface area contributed by atoms with Crippen LogP contribution in [0.4, 0.5) is 14.4 Å². The number of amides is 1. The first kappa shape index (κ1) is 31.3. The molecule has 0 bridgehead atoms. The number of carbonyl (C=O) groups is 3. The van der Waals surface area contributed by atoms with Gasteiger partial charge in [0.25, 0.3) is 0 Å². The summed E-state index contributed by atoms with van der Waals surface area (Å²) in [6, 6.07) is 6.42. The van der Waals surface area contributed by atoms with Gasteiger partial charge < -0.3 is 23.8 Å². The fourth-order valence-corrected chi connectivity index (χ4v) is 4.37. The quantitative estimate of drug-likeness (QED) is 0.201. The van der Waals surface area contributed by atoms with Crippen molar-refractivity contribution in [3.63, 3.8) is 0 Å². The lowest BCUT2D eigenvalue weighted by Crippen LogP contribution is -2.44. The van der Waals surface area contributed by atoms with E-state index < -0.39 is 29.1 Å². The van der Waals surface area contributed by atoms with Crippen molar-refractivity contribution in [1.82, 2.24) is 9.88 Å². The Morgan fingerprint density at radius 1 is 0.868 bits per heavy atom. The van der Waals surface area contributed by atoms with Crippen LogP contribution in [0.3, 0.4) is 0 Å². The Kier molecular flexibility index (Phi) is 10.2. The Morgan fingerprint density at radius 3 is 1.95 bits per heavy atom. The Bertz CT molecular complexity index is 1080. The van der Waals surface area contributed by atoms with Gasteiger partial charge in [0.15, 0.2) is 0 Å². The van der Waals surface area contributed by atoms with Gasteiger partial charge in [0.2, 0.25) is 0 Å². The van der Waals surface area contributed by atoms with E-state index in [2.05, 4.69) is 34.8 Å². The first-order valence-electron chi connectivity index (χ1n) is 12.8. The van der Waals surface area contributed by atoms with Gasteiger partial charge in [0, 0.05) is 6.54 Å². The van der Waals surface area contributed by atoms with Gasteiger partial charge in [0.05, 0.1) is 21.8 Å². The largest absolute Gasteiger partial charge is 0.519 e. The van der Waals surface area contributed by atoms with E-state index in [0.717, 1.165) is 30.5 Å². The minimum atomic E-state index is -1.06. The van der Waals surface area contributed by atoms with Gasteiger partial charge in [-0.15, -0.1) is 11.3 Å². The normalized spacial score (nSPS) is 18.2. The van der Waals surface area contributed by atoms with Crippen LogP contribution in [0.15, 0.2) is 23.7 Å². The number of fused-ring (bicyclic) bond motifs is 1. The Morgan fingerprint density at radius 2 is 1.42 bits per heavy atom. The van der Waals surface area contributed by atoms with Crippen molar-refractivity contribution in [1.29, 1.82) is 0 Å². The molecule has 2 atom stereocenters. The molecule has 38 heavy (non-hydrogen) atoms. The van der Waals surface area contributed by atoms with E-state index in [4.69, 9.17) is 14.2 Å². The molecule has 0 radical (unpaired) electrons. The molecule has 3 rings (SSSR count). The maximum Gasteiger partial charge on any atom is 0.519 e. The fourth-order valence-electron chi connectivity index (χ4n) is 3.71. The third-order valence-corrected chi connectivity index (χ3v) is 5.94. The third-order valence-electron chi connectivity index (χ3n) is 5.13. The lowest BCUT2D eigenvalue weighted by atomic mass is 9.90. The number of likely N-dealkylation sites (tertiary alicyclic amines) is 1. The molecule has 0 aliphatic carbocycles. The van der Waals surface area contributed by atoms with Gasteiger partial charge >= 0.3 is 18.4 Å². The van der Waals surface area contributed by atoms with Gasteiger partial charge in [-0.3, -0.25) is 0 Å². The van der Waals surface area contributed by atoms with Gasteiger partial charge in [0.1, 0.15) is 16.8 Å². The van der Waals surface area contributed by atoms with E-state index in [0.29, 0.717) is 5.92 Å². The molecule has 1 aliphatic heterocycles. The van der Waals surface area contributed by atoms with Crippen molar-refractivity contribution in [2.75, 3.05) is 6.54 Å². The van der Waals surface area contributed by atoms with Crippen LogP contribution in [0.1, 0.15) is 93.7 Å². The van der Waals surface area contributed by atoms with E-state index in [9.17, 15) is 14.4 Å². The number of piperidine rings is 1. The molecular weight excluding hydrogens is 508 g/mol. The first-order valence-corrected chi connectivity index (χ1v) is 13.7. The number of rotatable bonds is 1. The van der Waals surface area contributed by atoms with Crippen LogP contribution in [0, 0.1) is 5.92 Å². The van der Waals surface area contributed by atoms with Crippen molar-refractivity contribution >= 4 is 40.0 Å². The molecule has 212 valence electrons. The van der Waals surface area contributed by atoms with Crippen LogP contribution in [0.25, 0.3) is 10.2 Å². The Hall–Kier alpha value is -2.88. The molecule has 0 N–H and O–H groups in total. The number of ether oxygens (including phenoxy) is 4. The maximum absolute atomic E-state index is 12.6. The highest BCUT2D eigenvalue weighted by molar-refractivity contribution is 7.16. The molecule has 1 saturated heterocycles. The van der Waals surface area contributed by atoms with Crippen molar-refractivity contribution in [3.8, 4) is 0 Å². The zero-order valence-electron chi connectivity index (χ0n) is 24.2. The Balaban J connectivity index is 0.000000296. The van der Waals surface area contributed by atoms with E-state index in [1.165, 1.54) is 4.70 Å². The smallest absolute Gasteiger partial charge is 0.444 e. The second-order valence-corrected chi connectivity index (χ2v) is 13.3. The Labute approximate surface area is 229 Å². The number of aromatic nitrogens is 1. The van der Waals surface area contributed by atoms with Crippen LogP contribution in [0.5, 0.6) is 0 Å². The SMILES string of the molecule is CC(C)(C)OC(=O)OC(=O)OC(C)(C)C.C[C@H]1CC[C@H](c2ccc3scnc3c2)N(C(=O)OC(C)(C)C)C1. The van der Waals surface area contributed by atoms with E-state index >= 15 is 0 Å². The minimum absolute atomic E-state index is 0.0761. The summed E-state index contributed by atoms with van der Waals surface area (Å²) in [6.45, 7) is 18.7. The second-order valence-electron chi connectivity index (χ2n) is 12.4. The lowest BCUT2D eigenvalue weighted by molar-refractivity contribution is -0.0294. The number of thiazole rings is 1. The highest BCUT2D eigenvalue weighted by Gasteiger charge is 2.34. The summed E-state index contributed by atoms with van der Waals surface area (Å²) in [5.74, 6) is 0.502. The van der Waals surface area contributed by atoms with E-state index in [-0.39, 0.29) is 12.1 Å². The third kappa shape index (κ3) is 10.8. The average Bonchev–Trinajstić information content (AvgIpc) is 3.17. The molecule has 2 heterocycles. The molecule has 10 heteroatoms. The molecule has 1 amide bonds. The topological polar surface area (TPSA) is 104 Å². The van der Waals surface area contributed by atoms with Gasteiger partial charge in [-0.05, 0) is 98.8 Å². The maximum atomic E-state index is 12.6. The molecular formula is C28H42N2O7S. The number of hydrogen-bond donors (Lipinski definition) is 0. The van der Waals surface area contributed by atoms with Crippen LogP contribution >= 0.6 is 11.3 Å². The number of benzene rings is 1. The molecule has 1 aromatic carbocycles. The van der Waals surface area contributed by atoms with Crippen LogP contribution in [-0.2, 0) is 18.9 Å². The summed E-state index contributed by atoms with van der Waals surface area (Å²) in [5.41, 5.74) is 2.17. The summed E-state index contributed by atoms with van der Waals surface area (Å²) < 4.78 is 20.6. The molecule has 9 nitrogen and oxygen atoms in total. The molecule has 1 aliphatic rings. The summed E-state index contributed by atoms with van der Waals surface area (Å²) >= 11 is 1.64. The molecule has 2 aromatic rings.